The van der Waals surface area contributed by atoms with Gasteiger partial charge >= 0.3 is 0 Å². The van der Waals surface area contributed by atoms with Crippen LogP contribution in [0.15, 0.2) is 47.2 Å². The SMILES string of the molecule is Cc1ccc(-c2noc(N)c2-c2cccnc2)cc1C. The third-order valence-electron chi connectivity index (χ3n) is 3.45. The van der Waals surface area contributed by atoms with Crippen LogP contribution in [0, 0.1) is 13.8 Å². The molecule has 1 aromatic carbocycles. The smallest absolute Gasteiger partial charge is 0.230 e. The van der Waals surface area contributed by atoms with Gasteiger partial charge in [-0.25, -0.2) is 0 Å². The average molecular weight is 265 g/mol. The van der Waals surface area contributed by atoms with E-state index in [4.69, 9.17) is 10.3 Å². The highest BCUT2D eigenvalue weighted by atomic mass is 16.5. The highest BCUT2D eigenvalue weighted by Gasteiger charge is 2.17. The zero-order valence-corrected chi connectivity index (χ0v) is 11.4. The van der Waals surface area contributed by atoms with Crippen molar-refractivity contribution >= 4 is 5.88 Å². The van der Waals surface area contributed by atoms with Gasteiger partial charge in [-0.15, -0.1) is 0 Å². The molecule has 0 aliphatic rings. The van der Waals surface area contributed by atoms with Gasteiger partial charge in [0.1, 0.15) is 5.69 Å². The van der Waals surface area contributed by atoms with Crippen LogP contribution in [0.1, 0.15) is 11.1 Å². The van der Waals surface area contributed by atoms with Crippen molar-refractivity contribution < 1.29 is 4.52 Å². The number of benzene rings is 1. The summed E-state index contributed by atoms with van der Waals surface area (Å²) < 4.78 is 5.17. The average Bonchev–Trinajstić information content (AvgIpc) is 2.85. The molecule has 2 heterocycles. The van der Waals surface area contributed by atoms with Gasteiger partial charge in [0, 0.05) is 23.5 Å². The third-order valence-corrected chi connectivity index (χ3v) is 3.45. The van der Waals surface area contributed by atoms with E-state index >= 15 is 0 Å². The maximum absolute atomic E-state index is 5.92. The van der Waals surface area contributed by atoms with E-state index in [0.717, 1.165) is 22.4 Å². The fourth-order valence-corrected chi connectivity index (χ4v) is 2.18. The van der Waals surface area contributed by atoms with Crippen molar-refractivity contribution in [1.82, 2.24) is 10.1 Å². The molecule has 0 bridgehead atoms. The molecule has 0 aliphatic heterocycles. The van der Waals surface area contributed by atoms with Gasteiger partial charge in [0.05, 0.1) is 5.56 Å². The third kappa shape index (κ3) is 2.05. The fraction of sp³-hybridized carbons (Fsp3) is 0.125. The highest BCUT2D eigenvalue weighted by Crippen LogP contribution is 2.36. The van der Waals surface area contributed by atoms with Crippen molar-refractivity contribution in [2.45, 2.75) is 13.8 Å². The summed E-state index contributed by atoms with van der Waals surface area (Å²) in [6.45, 7) is 4.16. The van der Waals surface area contributed by atoms with Gasteiger partial charge in [0.15, 0.2) is 0 Å². The molecule has 4 heteroatoms. The minimum atomic E-state index is 0.311. The summed E-state index contributed by atoms with van der Waals surface area (Å²) >= 11 is 0. The number of nitrogens with two attached hydrogens (primary N) is 1. The molecule has 3 aromatic rings. The molecule has 2 N–H and O–H groups in total. The van der Waals surface area contributed by atoms with Crippen LogP contribution in [0.5, 0.6) is 0 Å². The molecule has 0 amide bonds. The predicted octanol–water partition coefficient (Wildman–Crippen LogP) is 3.60. The van der Waals surface area contributed by atoms with Gasteiger partial charge < -0.3 is 10.3 Å². The molecule has 0 spiro atoms. The largest absolute Gasteiger partial charge is 0.367 e. The Hall–Kier alpha value is -2.62. The standard InChI is InChI=1S/C16H15N3O/c1-10-5-6-12(8-11(10)2)15-14(16(17)20-19-15)13-4-3-7-18-9-13/h3-9H,17H2,1-2H3. The van der Waals surface area contributed by atoms with E-state index < -0.39 is 0 Å². The second-order valence-electron chi connectivity index (χ2n) is 4.81. The molecular weight excluding hydrogens is 250 g/mol. The van der Waals surface area contributed by atoms with Gasteiger partial charge in [0.2, 0.25) is 5.88 Å². The molecular formula is C16H15N3O. The molecule has 0 fully saturated rings. The first-order valence-electron chi connectivity index (χ1n) is 6.40. The van der Waals surface area contributed by atoms with Crippen molar-refractivity contribution in [3.05, 3.63) is 53.9 Å². The molecule has 3 rings (SSSR count). The van der Waals surface area contributed by atoms with Crippen molar-refractivity contribution in [3.8, 4) is 22.4 Å². The zero-order valence-electron chi connectivity index (χ0n) is 11.4. The van der Waals surface area contributed by atoms with Crippen LogP contribution in [0.2, 0.25) is 0 Å². The number of pyridine rings is 1. The van der Waals surface area contributed by atoms with Crippen molar-refractivity contribution in [1.29, 1.82) is 0 Å². The Morgan fingerprint density at radius 3 is 2.60 bits per heavy atom. The summed E-state index contributed by atoms with van der Waals surface area (Å²) in [7, 11) is 0. The van der Waals surface area contributed by atoms with E-state index in [0.29, 0.717) is 5.88 Å². The molecule has 0 radical (unpaired) electrons. The van der Waals surface area contributed by atoms with Crippen LogP contribution in [-0.2, 0) is 0 Å². The number of aromatic nitrogens is 2. The molecule has 20 heavy (non-hydrogen) atoms. The van der Waals surface area contributed by atoms with Crippen LogP contribution in [0.25, 0.3) is 22.4 Å². The summed E-state index contributed by atoms with van der Waals surface area (Å²) in [6.07, 6.45) is 3.48. The first kappa shape index (κ1) is 12.4. The molecule has 0 saturated heterocycles. The normalized spacial score (nSPS) is 10.7. The number of hydrogen-bond acceptors (Lipinski definition) is 4. The van der Waals surface area contributed by atoms with E-state index in [-0.39, 0.29) is 0 Å². The quantitative estimate of drug-likeness (QED) is 0.768. The van der Waals surface area contributed by atoms with Crippen molar-refractivity contribution in [2.75, 3.05) is 5.73 Å². The van der Waals surface area contributed by atoms with Crippen LogP contribution < -0.4 is 5.73 Å². The number of aryl methyl sites for hydroxylation is 2. The van der Waals surface area contributed by atoms with Crippen molar-refractivity contribution in [2.24, 2.45) is 0 Å². The Labute approximate surface area is 117 Å². The van der Waals surface area contributed by atoms with Crippen LogP contribution in [0.4, 0.5) is 5.88 Å². The molecule has 0 saturated carbocycles. The lowest BCUT2D eigenvalue weighted by Crippen LogP contribution is -1.89. The highest BCUT2D eigenvalue weighted by molar-refractivity contribution is 5.86. The minimum Gasteiger partial charge on any atom is -0.367 e. The summed E-state index contributed by atoms with van der Waals surface area (Å²) in [5.41, 5.74) is 11.8. The Morgan fingerprint density at radius 2 is 1.90 bits per heavy atom. The minimum absolute atomic E-state index is 0.311. The first-order valence-corrected chi connectivity index (χ1v) is 6.40. The monoisotopic (exact) mass is 265 g/mol. The molecule has 2 aromatic heterocycles. The summed E-state index contributed by atoms with van der Waals surface area (Å²) in [4.78, 5) is 4.12. The Balaban J connectivity index is 2.18. The summed E-state index contributed by atoms with van der Waals surface area (Å²) in [5, 5.41) is 4.11. The van der Waals surface area contributed by atoms with E-state index in [9.17, 15) is 0 Å². The van der Waals surface area contributed by atoms with Crippen LogP contribution >= 0.6 is 0 Å². The lowest BCUT2D eigenvalue weighted by molar-refractivity contribution is 0.439. The maximum Gasteiger partial charge on any atom is 0.230 e. The van der Waals surface area contributed by atoms with E-state index in [1.54, 1.807) is 12.4 Å². The van der Waals surface area contributed by atoms with Gasteiger partial charge in [-0.3, -0.25) is 4.98 Å². The van der Waals surface area contributed by atoms with Crippen molar-refractivity contribution in [3.63, 3.8) is 0 Å². The number of hydrogen-bond donors (Lipinski definition) is 1. The van der Waals surface area contributed by atoms with Gasteiger partial charge in [-0.1, -0.05) is 23.4 Å². The number of nitrogen functional groups attached to an aromatic ring is 1. The molecule has 0 aliphatic carbocycles. The van der Waals surface area contributed by atoms with E-state index in [1.165, 1.54) is 11.1 Å². The van der Waals surface area contributed by atoms with E-state index in [2.05, 4.69) is 36.1 Å². The van der Waals surface area contributed by atoms with Gasteiger partial charge in [-0.2, -0.15) is 0 Å². The fourth-order valence-electron chi connectivity index (χ4n) is 2.18. The Kier molecular flexibility index (Phi) is 2.99. The van der Waals surface area contributed by atoms with Crippen LogP contribution in [0.3, 0.4) is 0 Å². The summed E-state index contributed by atoms with van der Waals surface area (Å²) in [5.74, 6) is 0.311. The molecule has 4 nitrogen and oxygen atoms in total. The predicted molar refractivity (Wildman–Crippen MR) is 79.1 cm³/mol. The second-order valence-corrected chi connectivity index (χ2v) is 4.81. The Morgan fingerprint density at radius 1 is 1.05 bits per heavy atom. The Bertz CT molecular complexity index is 748. The lowest BCUT2D eigenvalue weighted by Gasteiger charge is -2.05. The van der Waals surface area contributed by atoms with Gasteiger partial charge in [0.25, 0.3) is 0 Å². The maximum atomic E-state index is 5.92. The molecule has 0 atom stereocenters. The lowest BCUT2D eigenvalue weighted by atomic mass is 9.99. The van der Waals surface area contributed by atoms with E-state index in [1.807, 2.05) is 18.2 Å². The molecule has 0 unspecified atom stereocenters. The number of rotatable bonds is 2. The second kappa shape index (κ2) is 4.81. The number of nitrogens with zero attached hydrogens (tertiary/aromatic N) is 2. The van der Waals surface area contributed by atoms with Gasteiger partial charge in [-0.05, 0) is 37.1 Å². The van der Waals surface area contributed by atoms with Crippen LogP contribution in [-0.4, -0.2) is 10.1 Å². The summed E-state index contributed by atoms with van der Waals surface area (Å²) in [6, 6.07) is 10.0. The first-order chi connectivity index (χ1) is 9.66. The molecule has 100 valence electrons. The number of anilines is 1. The zero-order chi connectivity index (χ0) is 14.1. The topological polar surface area (TPSA) is 64.9 Å².